The largest absolute Gasteiger partial charge is 0.338 e. The number of aryl methyl sites for hydroxylation is 1. The third kappa shape index (κ3) is 4.96. The number of rotatable bonds is 6. The topological polar surface area (TPSA) is 95.6 Å². The minimum absolute atomic E-state index is 0.348. The van der Waals surface area contributed by atoms with Crippen molar-refractivity contribution in [3.8, 4) is 11.3 Å². The van der Waals surface area contributed by atoms with Crippen LogP contribution >= 0.6 is 30.3 Å². The van der Waals surface area contributed by atoms with Gasteiger partial charge in [-0.25, -0.2) is 4.98 Å². The molecule has 0 bridgehead atoms. The number of fused-ring (bicyclic) bond motifs is 1. The van der Waals surface area contributed by atoms with Gasteiger partial charge in [-0.1, -0.05) is 47.5 Å². The number of H-pyrrole nitrogens is 1. The second-order valence-electron chi connectivity index (χ2n) is 8.80. The van der Waals surface area contributed by atoms with Gasteiger partial charge in [0, 0.05) is 27.0 Å². The Morgan fingerprint density at radius 2 is 1.75 bits per heavy atom. The second-order valence-corrected chi connectivity index (χ2v) is 12.8. The fourth-order valence-corrected chi connectivity index (χ4v) is 5.35. The SMILES string of the molecule is Cc1ccc(-c2n[nH]c3ccc(Nc4ncc(Cl)c(Nc5ccccc5P(C)(C)=O)n4)cc23)cc1Cl. The van der Waals surface area contributed by atoms with E-state index in [1.165, 1.54) is 6.20 Å². The van der Waals surface area contributed by atoms with Crippen LogP contribution in [0.4, 0.5) is 23.1 Å². The first-order valence-corrected chi connectivity index (χ1v) is 14.5. The summed E-state index contributed by atoms with van der Waals surface area (Å²) in [6, 6.07) is 19.1. The van der Waals surface area contributed by atoms with Gasteiger partial charge in [-0.15, -0.1) is 0 Å². The summed E-state index contributed by atoms with van der Waals surface area (Å²) in [5.74, 6) is 0.771. The van der Waals surface area contributed by atoms with E-state index in [1.807, 2.05) is 67.6 Å². The Labute approximate surface area is 218 Å². The molecule has 0 unspecified atom stereocenters. The van der Waals surface area contributed by atoms with E-state index >= 15 is 0 Å². The molecular formula is C26H23Cl2N6OP. The van der Waals surface area contributed by atoms with E-state index in [9.17, 15) is 4.57 Å². The molecule has 0 aliphatic rings. The summed E-state index contributed by atoms with van der Waals surface area (Å²) < 4.78 is 12.7. The van der Waals surface area contributed by atoms with Crippen LogP contribution in [0.15, 0.2) is 66.9 Å². The molecule has 5 rings (SSSR count). The normalized spacial score (nSPS) is 11.6. The van der Waals surface area contributed by atoms with E-state index < -0.39 is 7.14 Å². The van der Waals surface area contributed by atoms with Crippen LogP contribution in [0.1, 0.15) is 5.56 Å². The Balaban J connectivity index is 1.46. The molecule has 5 aromatic rings. The van der Waals surface area contributed by atoms with Crippen molar-refractivity contribution in [2.75, 3.05) is 24.0 Å². The van der Waals surface area contributed by atoms with Crippen LogP contribution in [0.3, 0.4) is 0 Å². The summed E-state index contributed by atoms with van der Waals surface area (Å²) in [4.78, 5) is 8.89. The lowest BCUT2D eigenvalue weighted by Gasteiger charge is -2.15. The third-order valence-corrected chi connectivity index (χ3v) is 7.98. The lowest BCUT2D eigenvalue weighted by Crippen LogP contribution is -2.10. The number of hydrogen-bond donors (Lipinski definition) is 3. The molecule has 0 atom stereocenters. The van der Waals surface area contributed by atoms with Gasteiger partial charge in [0.05, 0.1) is 17.4 Å². The number of hydrogen-bond acceptors (Lipinski definition) is 6. The fourth-order valence-electron chi connectivity index (χ4n) is 3.87. The minimum Gasteiger partial charge on any atom is -0.338 e. The van der Waals surface area contributed by atoms with Crippen LogP contribution < -0.4 is 15.9 Å². The monoisotopic (exact) mass is 536 g/mol. The Morgan fingerprint density at radius 3 is 2.53 bits per heavy atom. The quantitative estimate of drug-likeness (QED) is 0.196. The second kappa shape index (κ2) is 9.58. The van der Waals surface area contributed by atoms with Gasteiger partial charge in [0.25, 0.3) is 0 Å². The van der Waals surface area contributed by atoms with Crippen LogP contribution in [0.5, 0.6) is 0 Å². The average molecular weight is 537 g/mol. The van der Waals surface area contributed by atoms with E-state index in [0.717, 1.165) is 38.7 Å². The highest BCUT2D eigenvalue weighted by Crippen LogP contribution is 2.39. The van der Waals surface area contributed by atoms with Crippen molar-refractivity contribution >= 4 is 69.7 Å². The maximum absolute atomic E-state index is 12.7. The standard InChI is InChI=1S/C26H23Cl2N6OP/c1-15-8-9-16(12-19(15)27)24-18-13-17(10-11-21(18)33-34-24)30-26-29-14-20(28)25(32-26)31-22-6-4-5-7-23(22)36(2,3)35/h4-14H,1-3H3,(H,33,34)(H2,29,30,31,32). The summed E-state index contributed by atoms with van der Waals surface area (Å²) in [6.07, 6.45) is 1.52. The van der Waals surface area contributed by atoms with Crippen LogP contribution in [-0.4, -0.2) is 33.5 Å². The van der Waals surface area contributed by atoms with Crippen molar-refractivity contribution in [1.82, 2.24) is 20.2 Å². The number of para-hydroxylation sites is 1. The van der Waals surface area contributed by atoms with Gasteiger partial charge < -0.3 is 15.2 Å². The van der Waals surface area contributed by atoms with Gasteiger partial charge in [-0.2, -0.15) is 10.1 Å². The number of halogens is 2. The lowest BCUT2D eigenvalue weighted by atomic mass is 10.1. The van der Waals surface area contributed by atoms with Gasteiger partial charge >= 0.3 is 0 Å². The van der Waals surface area contributed by atoms with Crippen LogP contribution in [0, 0.1) is 6.92 Å². The van der Waals surface area contributed by atoms with Crippen molar-refractivity contribution in [2.24, 2.45) is 0 Å². The molecule has 2 aromatic heterocycles. The van der Waals surface area contributed by atoms with E-state index in [0.29, 0.717) is 27.5 Å². The van der Waals surface area contributed by atoms with Gasteiger partial charge in [-0.05, 0) is 62.2 Å². The molecule has 0 saturated carbocycles. The highest BCUT2D eigenvalue weighted by Gasteiger charge is 2.17. The fraction of sp³-hybridized carbons (Fsp3) is 0.115. The predicted octanol–water partition coefficient (Wildman–Crippen LogP) is 7.37. The van der Waals surface area contributed by atoms with Crippen molar-refractivity contribution in [1.29, 1.82) is 0 Å². The molecule has 3 aromatic carbocycles. The summed E-state index contributed by atoms with van der Waals surface area (Å²) in [5, 5.41) is 16.7. The molecule has 2 heterocycles. The maximum Gasteiger partial charge on any atom is 0.229 e. The highest BCUT2D eigenvalue weighted by molar-refractivity contribution is 7.70. The molecule has 0 aliphatic heterocycles. The summed E-state index contributed by atoms with van der Waals surface area (Å²) in [6.45, 7) is 5.42. The van der Waals surface area contributed by atoms with Crippen molar-refractivity contribution in [3.63, 3.8) is 0 Å². The van der Waals surface area contributed by atoms with Gasteiger partial charge in [0.1, 0.15) is 17.9 Å². The van der Waals surface area contributed by atoms with Crippen molar-refractivity contribution in [3.05, 3.63) is 82.5 Å². The highest BCUT2D eigenvalue weighted by atomic mass is 35.5. The van der Waals surface area contributed by atoms with Crippen LogP contribution in [0.25, 0.3) is 22.2 Å². The predicted molar refractivity (Wildman–Crippen MR) is 150 cm³/mol. The average Bonchev–Trinajstić information content (AvgIpc) is 3.26. The van der Waals surface area contributed by atoms with Gasteiger partial charge in [0.2, 0.25) is 5.95 Å². The minimum atomic E-state index is -2.51. The molecule has 0 radical (unpaired) electrons. The van der Waals surface area contributed by atoms with Crippen LogP contribution in [-0.2, 0) is 4.57 Å². The number of nitrogens with zero attached hydrogens (tertiary/aromatic N) is 3. The smallest absolute Gasteiger partial charge is 0.229 e. The van der Waals surface area contributed by atoms with E-state index in [4.69, 9.17) is 23.2 Å². The van der Waals surface area contributed by atoms with E-state index in [1.54, 1.807) is 13.3 Å². The Kier molecular flexibility index (Phi) is 6.47. The number of nitrogens with one attached hydrogen (secondary N) is 3. The van der Waals surface area contributed by atoms with E-state index in [-0.39, 0.29) is 0 Å². The molecule has 0 fully saturated rings. The Bertz CT molecular complexity index is 1650. The first kappa shape index (κ1) is 24.3. The number of aromatic amines is 1. The molecule has 182 valence electrons. The molecule has 36 heavy (non-hydrogen) atoms. The van der Waals surface area contributed by atoms with Crippen LogP contribution in [0.2, 0.25) is 10.0 Å². The zero-order chi connectivity index (χ0) is 25.4. The Hall–Kier alpha value is -3.38. The molecule has 0 amide bonds. The zero-order valence-electron chi connectivity index (χ0n) is 19.8. The summed E-state index contributed by atoms with van der Waals surface area (Å²) in [5.41, 5.74) is 5.10. The summed E-state index contributed by atoms with van der Waals surface area (Å²) in [7, 11) is -2.51. The molecule has 0 saturated heterocycles. The maximum atomic E-state index is 12.7. The first-order chi connectivity index (χ1) is 17.2. The third-order valence-electron chi connectivity index (χ3n) is 5.75. The number of aromatic nitrogens is 4. The number of benzene rings is 3. The first-order valence-electron chi connectivity index (χ1n) is 11.1. The molecular weight excluding hydrogens is 514 g/mol. The summed E-state index contributed by atoms with van der Waals surface area (Å²) >= 11 is 12.7. The molecule has 7 nitrogen and oxygen atoms in total. The zero-order valence-corrected chi connectivity index (χ0v) is 22.2. The Morgan fingerprint density at radius 1 is 0.944 bits per heavy atom. The molecule has 0 aliphatic carbocycles. The van der Waals surface area contributed by atoms with Gasteiger partial charge in [0.15, 0.2) is 5.82 Å². The van der Waals surface area contributed by atoms with Gasteiger partial charge in [-0.3, -0.25) is 5.10 Å². The number of anilines is 4. The van der Waals surface area contributed by atoms with Crippen molar-refractivity contribution < 1.29 is 4.57 Å². The molecule has 10 heteroatoms. The van der Waals surface area contributed by atoms with Crippen molar-refractivity contribution in [2.45, 2.75) is 6.92 Å². The molecule has 0 spiro atoms. The van der Waals surface area contributed by atoms with E-state index in [2.05, 4.69) is 30.8 Å². The molecule has 3 N–H and O–H groups in total. The lowest BCUT2D eigenvalue weighted by molar-refractivity contribution is 0.588.